The molecule has 0 unspecified atom stereocenters. The third kappa shape index (κ3) is 7.32. The smallest absolute Gasteiger partial charge is 0.433 e. The molecule has 0 aliphatic rings. The number of aliphatic hydroxyl groups is 1. The monoisotopic (exact) mass is 542 g/mol. The molecular weight excluding hydrogens is 526 g/mol. The normalized spacial score (nSPS) is 14.4. The summed E-state index contributed by atoms with van der Waals surface area (Å²) in [6, 6.07) is 6.16. The summed E-state index contributed by atoms with van der Waals surface area (Å²) in [5.74, 6) is -1.67. The summed E-state index contributed by atoms with van der Waals surface area (Å²) in [6.07, 6.45) is -16.9. The Morgan fingerprint density at radius 1 is 0.838 bits per heavy atom. The van der Waals surface area contributed by atoms with Gasteiger partial charge < -0.3 is 15.2 Å². The van der Waals surface area contributed by atoms with Crippen LogP contribution in [0, 0.1) is 5.82 Å². The number of alkyl halides is 9. The second kappa shape index (κ2) is 10.5. The minimum absolute atomic E-state index is 0.102. The number of hydrogen-bond acceptors (Lipinski definition) is 4. The van der Waals surface area contributed by atoms with Gasteiger partial charge in [0, 0.05) is 24.4 Å². The van der Waals surface area contributed by atoms with E-state index < -0.39 is 59.9 Å². The summed E-state index contributed by atoms with van der Waals surface area (Å²) in [7, 11) is 0. The number of benzene rings is 2. The van der Waals surface area contributed by atoms with Crippen molar-refractivity contribution in [2.45, 2.75) is 30.7 Å². The minimum Gasteiger partial charge on any atom is -0.457 e. The zero-order chi connectivity index (χ0) is 27.6. The number of pyridine rings is 1. The molecule has 0 saturated carbocycles. The molecule has 0 bridgehead atoms. The molecule has 1 heterocycles. The first-order chi connectivity index (χ1) is 17.1. The van der Waals surface area contributed by atoms with Crippen LogP contribution in [0.25, 0.3) is 0 Å². The third-order valence-corrected chi connectivity index (χ3v) is 4.98. The van der Waals surface area contributed by atoms with Gasteiger partial charge in [0.05, 0.1) is 11.6 Å². The molecular formula is C23H16F10N2O2. The maximum absolute atomic E-state index is 14.6. The van der Waals surface area contributed by atoms with Crippen LogP contribution in [0.5, 0.6) is 11.5 Å². The molecule has 3 rings (SSSR count). The van der Waals surface area contributed by atoms with Crippen molar-refractivity contribution in [2.75, 3.05) is 6.54 Å². The van der Waals surface area contributed by atoms with Crippen molar-refractivity contribution in [1.82, 2.24) is 10.3 Å². The molecule has 37 heavy (non-hydrogen) atoms. The van der Waals surface area contributed by atoms with Gasteiger partial charge in [0.15, 0.2) is 6.10 Å². The molecule has 2 atom stereocenters. The van der Waals surface area contributed by atoms with Gasteiger partial charge in [-0.2, -0.15) is 39.5 Å². The van der Waals surface area contributed by atoms with E-state index in [9.17, 15) is 49.0 Å². The summed E-state index contributed by atoms with van der Waals surface area (Å²) < 4.78 is 137. The summed E-state index contributed by atoms with van der Waals surface area (Å²) in [6.45, 7) is -1.21. The molecule has 1 aromatic heterocycles. The molecule has 14 heteroatoms. The largest absolute Gasteiger partial charge is 0.457 e. The van der Waals surface area contributed by atoms with Gasteiger partial charge in [0.2, 0.25) is 0 Å². The van der Waals surface area contributed by atoms with Crippen molar-refractivity contribution in [1.29, 1.82) is 0 Å². The molecule has 0 spiro atoms. The highest BCUT2D eigenvalue weighted by atomic mass is 19.4. The first kappa shape index (κ1) is 28.2. The molecule has 2 N–H and O–H groups in total. The lowest BCUT2D eigenvalue weighted by molar-refractivity contribution is -0.202. The molecule has 3 aromatic rings. The molecule has 0 amide bonds. The van der Waals surface area contributed by atoms with Crippen LogP contribution in [0.2, 0.25) is 0 Å². The highest BCUT2D eigenvalue weighted by Crippen LogP contribution is 2.36. The van der Waals surface area contributed by atoms with Crippen LogP contribution in [-0.2, 0) is 12.4 Å². The number of ether oxygens (including phenoxy) is 1. The van der Waals surface area contributed by atoms with E-state index in [-0.39, 0.29) is 17.1 Å². The number of nitrogens with zero attached hydrogens (tertiary/aromatic N) is 1. The van der Waals surface area contributed by atoms with Gasteiger partial charge in [0.25, 0.3) is 0 Å². The molecule has 4 nitrogen and oxygen atoms in total. The lowest BCUT2D eigenvalue weighted by Gasteiger charge is -2.24. The second-order valence-electron chi connectivity index (χ2n) is 7.68. The Bertz CT molecular complexity index is 1230. The molecule has 0 radical (unpaired) electrons. The quantitative estimate of drug-likeness (QED) is 0.328. The van der Waals surface area contributed by atoms with E-state index in [4.69, 9.17) is 4.74 Å². The third-order valence-electron chi connectivity index (χ3n) is 4.98. The van der Waals surface area contributed by atoms with Crippen molar-refractivity contribution in [3.05, 3.63) is 89.0 Å². The van der Waals surface area contributed by atoms with Crippen molar-refractivity contribution >= 4 is 0 Å². The molecule has 0 aliphatic carbocycles. The Hall–Kier alpha value is -3.39. The van der Waals surface area contributed by atoms with E-state index in [1.807, 2.05) is 0 Å². The van der Waals surface area contributed by atoms with Crippen molar-refractivity contribution in [3.8, 4) is 11.5 Å². The number of halogens is 10. The minimum atomic E-state index is -5.08. The molecule has 200 valence electrons. The summed E-state index contributed by atoms with van der Waals surface area (Å²) >= 11 is 0. The van der Waals surface area contributed by atoms with Crippen LogP contribution in [0.3, 0.4) is 0 Å². The maximum Gasteiger partial charge on any atom is 0.433 e. The van der Waals surface area contributed by atoms with Gasteiger partial charge in [-0.3, -0.25) is 4.98 Å². The predicted molar refractivity (Wildman–Crippen MR) is 109 cm³/mol. The Balaban J connectivity index is 2.01. The highest BCUT2D eigenvalue weighted by molar-refractivity contribution is 5.41. The zero-order valence-corrected chi connectivity index (χ0v) is 18.2. The number of hydrogen-bond donors (Lipinski definition) is 2. The summed E-state index contributed by atoms with van der Waals surface area (Å²) in [4.78, 5) is 3.17. The standard InChI is InChI=1S/C23H16F10N2O2/c24-17-5-4-13(21(25,26)27)9-16(17)20(35-11-19(36)23(31,32)33)12-2-1-3-14(8-12)37-15-6-7-34-18(10-15)22(28,29)30/h1-10,19-20,35-36H,11H2/t19-,20-/m1/s1. The van der Waals surface area contributed by atoms with E-state index in [1.54, 1.807) is 0 Å². The van der Waals surface area contributed by atoms with Crippen molar-refractivity contribution < 1.29 is 53.7 Å². The summed E-state index contributed by atoms with van der Waals surface area (Å²) in [5.41, 5.74) is -3.34. The maximum atomic E-state index is 14.6. The van der Waals surface area contributed by atoms with Gasteiger partial charge >= 0.3 is 18.5 Å². The van der Waals surface area contributed by atoms with E-state index in [1.165, 1.54) is 18.2 Å². The van der Waals surface area contributed by atoms with Crippen LogP contribution in [0.15, 0.2) is 60.8 Å². The number of rotatable bonds is 7. The average molecular weight is 542 g/mol. The molecule has 0 saturated heterocycles. The van der Waals surface area contributed by atoms with Gasteiger partial charge in [-0.05, 0) is 42.0 Å². The predicted octanol–water partition coefficient (Wildman–Crippen LogP) is 6.65. The number of nitrogens with one attached hydrogen (secondary N) is 1. The Labute approximate surface area is 202 Å². The van der Waals surface area contributed by atoms with Crippen LogP contribution in [0.1, 0.15) is 28.4 Å². The zero-order valence-electron chi connectivity index (χ0n) is 18.2. The van der Waals surface area contributed by atoms with E-state index in [2.05, 4.69) is 10.3 Å². The number of aliphatic hydroxyl groups excluding tert-OH is 1. The first-order valence-electron chi connectivity index (χ1n) is 10.2. The molecule has 0 aliphatic heterocycles. The summed E-state index contributed by atoms with van der Waals surface area (Å²) in [5, 5.41) is 11.5. The van der Waals surface area contributed by atoms with Gasteiger partial charge in [-0.1, -0.05) is 12.1 Å². The second-order valence-corrected chi connectivity index (χ2v) is 7.68. The lowest BCUT2D eigenvalue weighted by atomic mass is 9.95. The van der Waals surface area contributed by atoms with Crippen LogP contribution < -0.4 is 10.1 Å². The van der Waals surface area contributed by atoms with Gasteiger partial charge in [-0.25, -0.2) is 4.39 Å². The van der Waals surface area contributed by atoms with E-state index in [0.29, 0.717) is 24.3 Å². The topological polar surface area (TPSA) is 54.4 Å². The Kier molecular flexibility index (Phi) is 8.03. The lowest BCUT2D eigenvalue weighted by Crippen LogP contribution is -2.40. The fourth-order valence-electron chi connectivity index (χ4n) is 3.22. The number of aromatic nitrogens is 1. The fourth-order valence-corrected chi connectivity index (χ4v) is 3.22. The SMILES string of the molecule is O[C@H](CN[C@H](c1cccc(Oc2ccnc(C(F)(F)F)c2)c1)c1cc(C(F)(F)F)ccc1F)C(F)(F)F. The van der Waals surface area contributed by atoms with Crippen molar-refractivity contribution in [3.63, 3.8) is 0 Å². The molecule has 2 aromatic carbocycles. The fraction of sp³-hybridized carbons (Fsp3) is 0.261. The average Bonchev–Trinajstić information content (AvgIpc) is 2.78. The molecule has 0 fully saturated rings. The highest BCUT2D eigenvalue weighted by Gasteiger charge is 2.39. The van der Waals surface area contributed by atoms with Crippen LogP contribution in [0.4, 0.5) is 43.9 Å². The van der Waals surface area contributed by atoms with Gasteiger partial charge in [-0.15, -0.1) is 0 Å². The first-order valence-corrected chi connectivity index (χ1v) is 10.2. The van der Waals surface area contributed by atoms with Crippen LogP contribution >= 0.6 is 0 Å². The van der Waals surface area contributed by atoms with Crippen molar-refractivity contribution in [2.24, 2.45) is 0 Å². The Morgan fingerprint density at radius 3 is 2.14 bits per heavy atom. The Morgan fingerprint density at radius 2 is 1.51 bits per heavy atom. The van der Waals surface area contributed by atoms with Gasteiger partial charge in [0.1, 0.15) is 23.0 Å². The van der Waals surface area contributed by atoms with Crippen LogP contribution in [-0.4, -0.2) is 28.9 Å². The van der Waals surface area contributed by atoms with E-state index >= 15 is 0 Å². The van der Waals surface area contributed by atoms with E-state index in [0.717, 1.165) is 18.3 Å².